The Morgan fingerprint density at radius 2 is 1.97 bits per heavy atom. The van der Waals surface area contributed by atoms with Crippen LogP contribution in [0, 0.1) is 0 Å². The van der Waals surface area contributed by atoms with Gasteiger partial charge in [-0.2, -0.15) is 4.98 Å². The molecular weight excluding hydrogens is 400 g/mol. The maximum Gasteiger partial charge on any atom is 0.227 e. The van der Waals surface area contributed by atoms with Crippen LogP contribution in [0.5, 0.6) is 11.5 Å². The number of fused-ring (bicyclic) bond motifs is 1. The quantitative estimate of drug-likeness (QED) is 0.436. The van der Waals surface area contributed by atoms with Gasteiger partial charge in [0.25, 0.3) is 0 Å². The molecule has 3 heterocycles. The number of carbonyl (C=O) groups is 1. The molecule has 0 spiro atoms. The predicted octanol–water partition coefficient (Wildman–Crippen LogP) is 2.09. The van der Waals surface area contributed by atoms with Gasteiger partial charge in [0.15, 0.2) is 17.1 Å². The summed E-state index contributed by atoms with van der Waals surface area (Å²) >= 11 is 0. The first-order chi connectivity index (χ1) is 15.2. The van der Waals surface area contributed by atoms with Crippen molar-refractivity contribution in [3.05, 3.63) is 54.3 Å². The summed E-state index contributed by atoms with van der Waals surface area (Å²) in [6.45, 7) is 0.468. The Morgan fingerprint density at radius 3 is 2.81 bits per heavy atom. The number of rotatable bonds is 9. The molecule has 10 nitrogen and oxygen atoms in total. The summed E-state index contributed by atoms with van der Waals surface area (Å²) in [6, 6.07) is 11.1. The minimum atomic E-state index is -0.0975. The Morgan fingerprint density at radius 1 is 1.10 bits per heavy atom. The summed E-state index contributed by atoms with van der Waals surface area (Å²) < 4.78 is 17.7. The van der Waals surface area contributed by atoms with Crippen LogP contribution in [0.2, 0.25) is 0 Å². The molecule has 0 aliphatic carbocycles. The average molecular weight is 422 g/mol. The normalized spacial score (nSPS) is 10.9. The lowest BCUT2D eigenvalue weighted by atomic mass is 10.2. The van der Waals surface area contributed by atoms with Crippen molar-refractivity contribution in [1.29, 1.82) is 0 Å². The van der Waals surface area contributed by atoms with E-state index in [0.29, 0.717) is 42.6 Å². The van der Waals surface area contributed by atoms with Gasteiger partial charge in [0.05, 0.1) is 14.2 Å². The van der Waals surface area contributed by atoms with E-state index in [1.165, 1.54) is 0 Å². The zero-order valence-corrected chi connectivity index (χ0v) is 17.2. The number of aryl methyl sites for hydroxylation is 1. The first-order valence-electron chi connectivity index (χ1n) is 9.78. The molecule has 0 fully saturated rings. The van der Waals surface area contributed by atoms with Gasteiger partial charge in [-0.05, 0) is 30.3 Å². The molecule has 1 amide bonds. The lowest BCUT2D eigenvalue weighted by Crippen LogP contribution is -2.26. The van der Waals surface area contributed by atoms with Gasteiger partial charge in [-0.3, -0.25) is 9.20 Å². The number of hydrogen-bond acceptors (Lipinski definition) is 8. The summed E-state index contributed by atoms with van der Waals surface area (Å²) in [5, 5.41) is 15.1. The van der Waals surface area contributed by atoms with Gasteiger partial charge in [-0.1, -0.05) is 11.2 Å². The predicted molar refractivity (Wildman–Crippen MR) is 111 cm³/mol. The van der Waals surface area contributed by atoms with Crippen LogP contribution in [-0.4, -0.2) is 51.4 Å². The monoisotopic (exact) mass is 422 g/mol. The van der Waals surface area contributed by atoms with Crippen LogP contribution in [-0.2, 0) is 17.6 Å². The summed E-state index contributed by atoms with van der Waals surface area (Å²) in [6.07, 6.45) is 3.08. The topological polar surface area (TPSA) is 117 Å². The minimum Gasteiger partial charge on any atom is -0.493 e. The molecule has 1 N–H and O–H groups in total. The number of nitrogens with one attached hydrogen (secondary N) is 1. The van der Waals surface area contributed by atoms with E-state index in [4.69, 9.17) is 14.0 Å². The van der Waals surface area contributed by atoms with Crippen molar-refractivity contribution in [2.24, 2.45) is 0 Å². The zero-order valence-electron chi connectivity index (χ0n) is 17.2. The maximum atomic E-state index is 12.2. The number of amides is 1. The SMILES string of the molecule is COc1ccc(-c2noc(CCC(=O)NCCc3nnc4ccccn34)n2)cc1OC. The lowest BCUT2D eigenvalue weighted by Gasteiger charge is -2.07. The molecule has 0 saturated heterocycles. The molecule has 1 aromatic carbocycles. The van der Waals surface area contributed by atoms with E-state index in [1.54, 1.807) is 26.4 Å². The zero-order chi connectivity index (χ0) is 21.6. The van der Waals surface area contributed by atoms with E-state index >= 15 is 0 Å². The smallest absolute Gasteiger partial charge is 0.227 e. The van der Waals surface area contributed by atoms with Crippen LogP contribution < -0.4 is 14.8 Å². The highest BCUT2D eigenvalue weighted by Crippen LogP contribution is 2.31. The third-order valence-electron chi connectivity index (χ3n) is 4.73. The largest absolute Gasteiger partial charge is 0.493 e. The van der Waals surface area contributed by atoms with E-state index in [1.807, 2.05) is 34.9 Å². The summed E-state index contributed by atoms with van der Waals surface area (Å²) in [4.78, 5) is 16.5. The van der Waals surface area contributed by atoms with Gasteiger partial charge in [-0.25, -0.2) is 0 Å². The molecule has 0 aliphatic rings. The summed E-state index contributed by atoms with van der Waals surface area (Å²) in [5.74, 6) is 2.71. The number of benzene rings is 1. The fraction of sp³-hybridized carbons (Fsp3) is 0.286. The van der Waals surface area contributed by atoms with Crippen molar-refractivity contribution >= 4 is 11.6 Å². The molecular formula is C21H22N6O4. The Hall–Kier alpha value is -3.95. The fourth-order valence-corrected chi connectivity index (χ4v) is 3.13. The van der Waals surface area contributed by atoms with Gasteiger partial charge >= 0.3 is 0 Å². The van der Waals surface area contributed by atoms with Crippen LogP contribution in [0.4, 0.5) is 0 Å². The van der Waals surface area contributed by atoms with E-state index in [9.17, 15) is 4.79 Å². The average Bonchev–Trinajstić information content (AvgIpc) is 3.45. The summed E-state index contributed by atoms with van der Waals surface area (Å²) in [5.41, 5.74) is 1.52. The molecule has 4 rings (SSSR count). The molecule has 4 aromatic rings. The number of hydrogen-bond donors (Lipinski definition) is 1. The van der Waals surface area contributed by atoms with Gasteiger partial charge < -0.3 is 19.3 Å². The second-order valence-corrected chi connectivity index (χ2v) is 6.73. The third kappa shape index (κ3) is 4.63. The summed E-state index contributed by atoms with van der Waals surface area (Å²) in [7, 11) is 3.14. The van der Waals surface area contributed by atoms with Gasteiger partial charge in [0.2, 0.25) is 17.6 Å². The minimum absolute atomic E-state index is 0.0975. The molecule has 0 aliphatic heterocycles. The Labute approximate surface area is 178 Å². The van der Waals surface area contributed by atoms with Gasteiger partial charge in [-0.15, -0.1) is 10.2 Å². The Kier molecular flexibility index (Phi) is 6.06. The van der Waals surface area contributed by atoms with Crippen molar-refractivity contribution in [3.8, 4) is 22.9 Å². The standard InChI is InChI=1S/C21H22N6O4/c1-29-15-7-6-14(13-16(15)30-2)21-23-20(31-26-21)9-8-19(28)22-11-10-18-25-24-17-5-3-4-12-27(17)18/h3-7,12-13H,8-11H2,1-2H3,(H,22,28). The highest BCUT2D eigenvalue weighted by Gasteiger charge is 2.13. The van der Waals surface area contributed by atoms with Crippen molar-refractivity contribution in [2.75, 3.05) is 20.8 Å². The van der Waals surface area contributed by atoms with Crippen molar-refractivity contribution in [1.82, 2.24) is 30.1 Å². The molecule has 31 heavy (non-hydrogen) atoms. The number of methoxy groups -OCH3 is 2. The number of aromatic nitrogens is 5. The van der Waals surface area contributed by atoms with Crippen molar-refractivity contribution in [2.45, 2.75) is 19.3 Å². The fourth-order valence-electron chi connectivity index (χ4n) is 3.13. The molecule has 10 heteroatoms. The van der Waals surface area contributed by atoms with Crippen molar-refractivity contribution < 1.29 is 18.8 Å². The Bertz CT molecular complexity index is 1190. The number of ether oxygens (including phenoxy) is 2. The van der Waals surface area contributed by atoms with Crippen LogP contribution in [0.15, 0.2) is 47.1 Å². The number of carbonyl (C=O) groups excluding carboxylic acids is 1. The molecule has 0 unspecified atom stereocenters. The van der Waals surface area contributed by atoms with Gasteiger partial charge in [0.1, 0.15) is 5.82 Å². The molecule has 3 aromatic heterocycles. The maximum absolute atomic E-state index is 12.2. The molecule has 160 valence electrons. The van der Waals surface area contributed by atoms with Crippen LogP contribution in [0.3, 0.4) is 0 Å². The van der Waals surface area contributed by atoms with Crippen molar-refractivity contribution in [3.63, 3.8) is 0 Å². The van der Waals surface area contributed by atoms with E-state index in [0.717, 1.165) is 17.0 Å². The first-order valence-corrected chi connectivity index (χ1v) is 9.78. The lowest BCUT2D eigenvalue weighted by molar-refractivity contribution is -0.121. The second kappa shape index (κ2) is 9.24. The first kappa shape index (κ1) is 20.3. The van der Waals surface area contributed by atoms with Gasteiger partial charge in [0, 0.05) is 37.6 Å². The highest BCUT2D eigenvalue weighted by molar-refractivity contribution is 5.76. The third-order valence-corrected chi connectivity index (χ3v) is 4.73. The van der Waals surface area contributed by atoms with E-state index in [2.05, 4.69) is 25.7 Å². The van der Waals surface area contributed by atoms with Crippen LogP contribution >= 0.6 is 0 Å². The molecule has 0 atom stereocenters. The Balaban J connectivity index is 1.28. The molecule has 0 saturated carbocycles. The molecule has 0 radical (unpaired) electrons. The number of nitrogens with zero attached hydrogens (tertiary/aromatic N) is 5. The van der Waals surface area contributed by atoms with Crippen LogP contribution in [0.1, 0.15) is 18.1 Å². The second-order valence-electron chi connectivity index (χ2n) is 6.73. The number of pyridine rings is 1. The van der Waals surface area contributed by atoms with E-state index < -0.39 is 0 Å². The highest BCUT2D eigenvalue weighted by atomic mass is 16.5. The van der Waals surface area contributed by atoms with Crippen LogP contribution in [0.25, 0.3) is 17.0 Å². The molecule has 0 bridgehead atoms. The van der Waals surface area contributed by atoms with E-state index in [-0.39, 0.29) is 12.3 Å².